The van der Waals surface area contributed by atoms with Gasteiger partial charge in [-0.2, -0.15) is 0 Å². The molecule has 18 heteroatoms. The van der Waals surface area contributed by atoms with Gasteiger partial charge in [-0.05, 0) is 0 Å². The van der Waals surface area contributed by atoms with Crippen molar-refractivity contribution in [3.8, 4) is 0 Å². The molecular weight excluding hydrogens is 526 g/mol. The van der Waals surface area contributed by atoms with E-state index in [4.69, 9.17) is 34.2 Å². The molecule has 0 bridgehead atoms. The number of aliphatic hydroxyl groups is 9. The lowest BCUT2D eigenvalue weighted by atomic mass is 9.96. The maximum atomic E-state index is 11.7. The van der Waals surface area contributed by atoms with Crippen LogP contribution in [0.25, 0.3) is 0 Å². The number of carboxylic acids is 1. The number of hydrogen-bond donors (Lipinski definition) is 11. The highest BCUT2D eigenvalue weighted by atomic mass is 16.8. The van der Waals surface area contributed by atoms with Crippen LogP contribution in [0.5, 0.6) is 0 Å². The van der Waals surface area contributed by atoms with Gasteiger partial charge in [0.15, 0.2) is 25.0 Å². The maximum absolute atomic E-state index is 11.7. The van der Waals surface area contributed by atoms with E-state index >= 15 is 0 Å². The highest BCUT2D eigenvalue weighted by Crippen LogP contribution is 2.32. The molecule has 18 nitrogen and oxygen atoms in total. The second-order valence-corrected chi connectivity index (χ2v) is 9.01. The molecule has 15 atom stereocenters. The van der Waals surface area contributed by atoms with Gasteiger partial charge in [-0.1, -0.05) is 0 Å². The number of nitrogens with two attached hydrogens (primary N) is 1. The molecule has 0 radical (unpaired) electrons. The highest BCUT2D eigenvalue weighted by molar-refractivity contribution is 5.73. The summed E-state index contributed by atoms with van der Waals surface area (Å²) in [6.45, 7) is -1.59. The lowest BCUT2D eigenvalue weighted by molar-refractivity contribution is -0.376. The molecule has 0 unspecified atom stereocenters. The van der Waals surface area contributed by atoms with Crippen LogP contribution in [0.2, 0.25) is 0 Å². The summed E-state index contributed by atoms with van der Waals surface area (Å²) < 4.78 is 31.8. The first-order valence-corrected chi connectivity index (χ1v) is 11.8. The molecule has 0 aromatic carbocycles. The van der Waals surface area contributed by atoms with Crippen LogP contribution < -0.4 is 5.73 Å². The molecule has 0 aliphatic carbocycles. The molecule has 0 amide bonds. The molecule has 3 aliphatic rings. The van der Waals surface area contributed by atoms with E-state index in [1.165, 1.54) is 0 Å². The molecule has 3 fully saturated rings. The van der Waals surface area contributed by atoms with Crippen LogP contribution in [0.3, 0.4) is 0 Å². The highest BCUT2D eigenvalue weighted by Gasteiger charge is 2.55. The molecule has 0 aromatic heterocycles. The average molecular weight is 561 g/mol. The molecule has 38 heavy (non-hydrogen) atoms. The molecule has 0 aromatic rings. The second-order valence-electron chi connectivity index (χ2n) is 9.01. The van der Waals surface area contributed by atoms with Crippen LogP contribution in [-0.4, -0.2) is 176 Å². The van der Waals surface area contributed by atoms with Crippen molar-refractivity contribution < 1.29 is 84.3 Å². The molecule has 222 valence electrons. The molecular formula is C20H35NO17. The zero-order chi connectivity index (χ0) is 28.3. The Morgan fingerprint density at radius 3 is 1.79 bits per heavy atom. The summed E-state index contributed by atoms with van der Waals surface area (Å²) in [5, 5.41) is 101. The minimum atomic E-state index is -2.10. The zero-order valence-corrected chi connectivity index (χ0v) is 19.9. The predicted molar refractivity (Wildman–Crippen MR) is 115 cm³/mol. The predicted octanol–water partition coefficient (Wildman–Crippen LogP) is -7.50. The van der Waals surface area contributed by atoms with Gasteiger partial charge in [0.1, 0.15) is 67.1 Å². The van der Waals surface area contributed by atoms with Gasteiger partial charge < -0.3 is 85.2 Å². The fourth-order valence-corrected chi connectivity index (χ4v) is 4.34. The minimum absolute atomic E-state index is 0.0578. The SMILES string of the molecule is NCCO[C@@H]1O[C@H](CO)[C@@H](O[C@@H]2O[C@H](C(=O)O)[C@@H](O)[C@H](O[C@@H]3O[C@H](CO)[C@@H](O)[C@H](O)[C@H]3O)[C@H]2O)[C@H](O)[C@H]1O. The van der Waals surface area contributed by atoms with Gasteiger partial charge in [0, 0.05) is 6.54 Å². The summed E-state index contributed by atoms with van der Waals surface area (Å²) in [5.74, 6) is -1.73. The smallest absolute Gasteiger partial charge is 0.335 e. The normalized spacial score (nSPS) is 48.1. The number of ether oxygens (including phenoxy) is 6. The Labute approximate surface area is 215 Å². The topological polar surface area (TPSA) is 301 Å². The van der Waals surface area contributed by atoms with Crippen molar-refractivity contribution in [1.82, 2.24) is 0 Å². The molecule has 0 saturated carbocycles. The number of hydrogen-bond acceptors (Lipinski definition) is 17. The first kappa shape index (κ1) is 31.4. The van der Waals surface area contributed by atoms with Crippen LogP contribution in [0, 0.1) is 0 Å². The van der Waals surface area contributed by atoms with Gasteiger partial charge in [-0.3, -0.25) is 0 Å². The van der Waals surface area contributed by atoms with E-state index in [0.717, 1.165) is 0 Å². The van der Waals surface area contributed by atoms with Crippen molar-refractivity contribution in [2.45, 2.75) is 92.1 Å². The van der Waals surface area contributed by atoms with E-state index in [1.807, 2.05) is 0 Å². The fourth-order valence-electron chi connectivity index (χ4n) is 4.34. The van der Waals surface area contributed by atoms with E-state index in [-0.39, 0.29) is 13.2 Å². The molecule has 0 spiro atoms. The van der Waals surface area contributed by atoms with Gasteiger partial charge in [0.2, 0.25) is 0 Å². The summed E-state index contributed by atoms with van der Waals surface area (Å²) in [5.41, 5.74) is 5.34. The van der Waals surface area contributed by atoms with Crippen LogP contribution in [-0.2, 0) is 33.2 Å². The molecule has 12 N–H and O–H groups in total. The van der Waals surface area contributed by atoms with Gasteiger partial charge in [-0.25, -0.2) is 4.79 Å². The number of carbonyl (C=O) groups is 1. The standard InChI is InChI=1S/C20H35NO17/c21-1-2-33-18-11(28)9(26)14(6(4-23)35-18)36-20-13(30)15(12(29)16(38-20)17(31)32)37-19-10(27)8(25)7(24)5(3-22)34-19/h5-16,18-20,22-30H,1-4,21H2,(H,31,32)/t5-,6-,7-,8+,9-,10-,11-,12+,13-,14-,15+,16+,18-,19+,20-/m1/s1. The van der Waals surface area contributed by atoms with Crippen LogP contribution in [0.1, 0.15) is 0 Å². The summed E-state index contributed by atoms with van der Waals surface area (Å²) in [7, 11) is 0. The van der Waals surface area contributed by atoms with Gasteiger partial charge in [0.25, 0.3) is 0 Å². The quantitative estimate of drug-likeness (QED) is 0.118. The average Bonchev–Trinajstić information content (AvgIpc) is 2.89. The van der Waals surface area contributed by atoms with Crippen LogP contribution in [0.4, 0.5) is 0 Å². The summed E-state index contributed by atoms with van der Waals surface area (Å²) in [4.78, 5) is 11.7. The lowest BCUT2D eigenvalue weighted by Gasteiger charge is -2.47. The van der Waals surface area contributed by atoms with Gasteiger partial charge in [0.05, 0.1) is 19.8 Å². The van der Waals surface area contributed by atoms with Crippen molar-refractivity contribution >= 4 is 5.97 Å². The first-order valence-electron chi connectivity index (χ1n) is 11.8. The van der Waals surface area contributed by atoms with Crippen molar-refractivity contribution in [2.75, 3.05) is 26.4 Å². The van der Waals surface area contributed by atoms with Crippen LogP contribution >= 0.6 is 0 Å². The minimum Gasteiger partial charge on any atom is -0.479 e. The van der Waals surface area contributed by atoms with Crippen molar-refractivity contribution in [2.24, 2.45) is 5.73 Å². The maximum Gasteiger partial charge on any atom is 0.335 e. The Balaban J connectivity index is 1.80. The third-order valence-corrected chi connectivity index (χ3v) is 6.44. The Kier molecular flexibility index (Phi) is 11.1. The number of aliphatic hydroxyl groups excluding tert-OH is 9. The first-order chi connectivity index (χ1) is 18.0. The Hall–Kier alpha value is -1.17. The molecule has 3 heterocycles. The summed E-state index contributed by atoms with van der Waals surface area (Å²) in [6, 6.07) is 0. The zero-order valence-electron chi connectivity index (χ0n) is 19.9. The summed E-state index contributed by atoms with van der Waals surface area (Å²) in [6.07, 6.45) is -27.0. The summed E-state index contributed by atoms with van der Waals surface area (Å²) >= 11 is 0. The van der Waals surface area contributed by atoms with E-state index in [0.29, 0.717) is 0 Å². The molecule has 3 saturated heterocycles. The second kappa shape index (κ2) is 13.5. The van der Waals surface area contributed by atoms with E-state index in [9.17, 15) is 55.9 Å². The lowest BCUT2D eigenvalue weighted by Crippen LogP contribution is -2.67. The van der Waals surface area contributed by atoms with Gasteiger partial charge >= 0.3 is 5.97 Å². The van der Waals surface area contributed by atoms with Crippen molar-refractivity contribution in [1.29, 1.82) is 0 Å². The Morgan fingerprint density at radius 2 is 1.21 bits per heavy atom. The Bertz CT molecular complexity index is 759. The number of aliphatic carboxylic acids is 1. The van der Waals surface area contributed by atoms with Crippen molar-refractivity contribution in [3.63, 3.8) is 0 Å². The molecule has 3 aliphatic heterocycles. The number of carboxylic acid groups (broad SMARTS) is 1. The van der Waals surface area contributed by atoms with E-state index in [2.05, 4.69) is 0 Å². The third kappa shape index (κ3) is 6.41. The monoisotopic (exact) mass is 561 g/mol. The third-order valence-electron chi connectivity index (χ3n) is 6.44. The van der Waals surface area contributed by atoms with E-state index < -0.39 is 111 Å². The Morgan fingerprint density at radius 1 is 0.658 bits per heavy atom. The van der Waals surface area contributed by atoms with Gasteiger partial charge in [-0.15, -0.1) is 0 Å². The largest absolute Gasteiger partial charge is 0.479 e. The number of rotatable bonds is 10. The fraction of sp³-hybridized carbons (Fsp3) is 0.950. The van der Waals surface area contributed by atoms with E-state index in [1.54, 1.807) is 0 Å². The van der Waals surface area contributed by atoms with Crippen LogP contribution in [0.15, 0.2) is 0 Å². The molecule has 3 rings (SSSR count). The van der Waals surface area contributed by atoms with Crippen molar-refractivity contribution in [3.05, 3.63) is 0 Å².